The summed E-state index contributed by atoms with van der Waals surface area (Å²) < 4.78 is 13.4. The van der Waals surface area contributed by atoms with E-state index in [0.717, 1.165) is 6.07 Å². The maximum atomic E-state index is 13.1. The highest BCUT2D eigenvalue weighted by Gasteiger charge is 2.16. The Morgan fingerprint density at radius 2 is 2.00 bits per heavy atom. The molecule has 7 heteroatoms. The third-order valence-electron chi connectivity index (χ3n) is 2.28. The van der Waals surface area contributed by atoms with Crippen LogP contribution in [0.2, 0.25) is 0 Å². The summed E-state index contributed by atoms with van der Waals surface area (Å²) in [7, 11) is 0. The van der Waals surface area contributed by atoms with Crippen LogP contribution >= 0.6 is 0 Å². The predicted molar refractivity (Wildman–Crippen MR) is 54.0 cm³/mol. The zero-order valence-electron chi connectivity index (χ0n) is 8.22. The number of phenolic OH excluding ortho intramolecular Hbond substituents is 1. The van der Waals surface area contributed by atoms with Crippen molar-refractivity contribution < 1.29 is 24.6 Å². The van der Waals surface area contributed by atoms with E-state index < -0.39 is 28.5 Å². The third-order valence-corrected chi connectivity index (χ3v) is 2.28. The molecule has 1 aromatic carbocycles. The van der Waals surface area contributed by atoms with Crippen molar-refractivity contribution in [2.75, 3.05) is 0 Å². The summed E-state index contributed by atoms with van der Waals surface area (Å²) in [6.07, 6.45) is 0.685. The Labute approximate surface area is 92.7 Å². The summed E-state index contributed by atoms with van der Waals surface area (Å²) in [6.45, 7) is 0. The molecule has 1 heterocycles. The van der Waals surface area contributed by atoms with Gasteiger partial charge in [-0.15, -0.1) is 0 Å². The molecule has 0 amide bonds. The highest BCUT2D eigenvalue weighted by molar-refractivity contribution is 5.92. The van der Waals surface area contributed by atoms with Crippen molar-refractivity contribution in [3.63, 3.8) is 0 Å². The smallest absolute Gasteiger partial charge is 0.341 e. The molecule has 0 unspecified atom stereocenters. The number of aromatic carboxylic acids is 1. The molecule has 3 N–H and O–H groups in total. The average Bonchev–Trinajstić information content (AvgIpc) is 2.25. The van der Waals surface area contributed by atoms with Gasteiger partial charge in [-0.05, 0) is 6.07 Å². The van der Waals surface area contributed by atoms with Crippen molar-refractivity contribution >= 4 is 16.9 Å². The van der Waals surface area contributed by atoms with Gasteiger partial charge in [0, 0.05) is 6.07 Å². The summed E-state index contributed by atoms with van der Waals surface area (Å²) in [5, 5.41) is 26.9. The summed E-state index contributed by atoms with van der Waals surface area (Å²) in [4.78, 5) is 22.3. The molecule has 2 aromatic rings. The minimum Gasteiger partial charge on any atom is -0.505 e. The molecule has 2 rings (SSSR count). The molecule has 0 spiro atoms. The highest BCUT2D eigenvalue weighted by atomic mass is 19.1. The maximum Gasteiger partial charge on any atom is 0.341 e. The lowest BCUT2D eigenvalue weighted by atomic mass is 10.1. The summed E-state index contributed by atoms with van der Waals surface area (Å²) in [5.41, 5.74) is -1.80. The Kier molecular flexibility index (Phi) is 2.24. The van der Waals surface area contributed by atoms with Gasteiger partial charge in [-0.1, -0.05) is 0 Å². The van der Waals surface area contributed by atoms with Crippen LogP contribution in [-0.4, -0.2) is 26.1 Å². The monoisotopic (exact) mass is 239 g/mol. The van der Waals surface area contributed by atoms with Gasteiger partial charge in [0.1, 0.15) is 5.56 Å². The number of carboxylic acid groups (broad SMARTS) is 1. The van der Waals surface area contributed by atoms with Crippen molar-refractivity contribution in [2.45, 2.75) is 0 Å². The Hall–Kier alpha value is -2.57. The molecule has 0 bridgehead atoms. The average molecular weight is 239 g/mol. The van der Waals surface area contributed by atoms with Gasteiger partial charge in [-0.2, -0.15) is 4.73 Å². The highest BCUT2D eigenvalue weighted by Crippen LogP contribution is 2.21. The van der Waals surface area contributed by atoms with Gasteiger partial charge in [0.2, 0.25) is 5.43 Å². The van der Waals surface area contributed by atoms with Gasteiger partial charge in [-0.25, -0.2) is 9.18 Å². The summed E-state index contributed by atoms with van der Waals surface area (Å²) >= 11 is 0. The number of aromatic hydroxyl groups is 1. The van der Waals surface area contributed by atoms with Gasteiger partial charge >= 0.3 is 5.97 Å². The Balaban J connectivity index is 2.99. The number of benzene rings is 1. The Morgan fingerprint density at radius 3 is 2.59 bits per heavy atom. The molecular weight excluding hydrogens is 233 g/mol. The zero-order valence-corrected chi connectivity index (χ0v) is 8.22. The number of carbonyl (C=O) groups is 1. The SMILES string of the molecule is O=C(O)c1cn(O)c2cc(O)c(F)cc2c1=O. The van der Waals surface area contributed by atoms with E-state index in [-0.39, 0.29) is 10.9 Å². The molecule has 6 nitrogen and oxygen atoms in total. The number of aromatic nitrogens is 1. The molecule has 1 aromatic heterocycles. The summed E-state index contributed by atoms with van der Waals surface area (Å²) in [5.74, 6) is -3.35. The van der Waals surface area contributed by atoms with E-state index in [0.29, 0.717) is 17.0 Å². The quantitative estimate of drug-likeness (QED) is 0.638. The first-order valence-corrected chi connectivity index (χ1v) is 4.42. The second kappa shape index (κ2) is 3.48. The molecule has 0 aliphatic rings. The van der Waals surface area contributed by atoms with E-state index in [4.69, 9.17) is 10.2 Å². The molecular formula is C10H6FNO5. The van der Waals surface area contributed by atoms with E-state index >= 15 is 0 Å². The molecule has 17 heavy (non-hydrogen) atoms. The van der Waals surface area contributed by atoms with E-state index in [1.807, 2.05) is 0 Å². The first-order chi connectivity index (χ1) is 7.91. The van der Waals surface area contributed by atoms with E-state index in [1.165, 1.54) is 0 Å². The fourth-order valence-corrected chi connectivity index (χ4v) is 1.47. The second-order valence-corrected chi connectivity index (χ2v) is 3.34. The van der Waals surface area contributed by atoms with Crippen LogP contribution in [0.1, 0.15) is 10.4 Å². The van der Waals surface area contributed by atoms with Crippen LogP contribution in [0.3, 0.4) is 0 Å². The standard InChI is InChI=1S/C10H6FNO5/c11-6-1-4-7(2-8(6)13)12(17)3-5(9(4)14)10(15)16/h1-3,13,17H,(H,15,16). The molecule has 0 fully saturated rings. The largest absolute Gasteiger partial charge is 0.505 e. The fraction of sp³-hybridized carbons (Fsp3) is 0. The van der Waals surface area contributed by atoms with Crippen LogP contribution in [0, 0.1) is 5.82 Å². The molecule has 0 saturated heterocycles. The van der Waals surface area contributed by atoms with Crippen molar-refractivity contribution in [1.82, 2.24) is 4.73 Å². The van der Waals surface area contributed by atoms with Crippen LogP contribution in [-0.2, 0) is 0 Å². The summed E-state index contributed by atoms with van der Waals surface area (Å²) in [6, 6.07) is 1.50. The van der Waals surface area contributed by atoms with Crippen LogP contribution in [0.5, 0.6) is 5.75 Å². The molecule has 0 radical (unpaired) electrons. The van der Waals surface area contributed by atoms with Gasteiger partial charge in [0.05, 0.1) is 17.1 Å². The Morgan fingerprint density at radius 1 is 1.35 bits per heavy atom. The number of nitrogens with zero attached hydrogens (tertiary/aromatic N) is 1. The van der Waals surface area contributed by atoms with E-state index in [2.05, 4.69) is 0 Å². The van der Waals surface area contributed by atoms with Crippen molar-refractivity contribution in [3.8, 4) is 5.75 Å². The number of hydrogen-bond donors (Lipinski definition) is 3. The van der Waals surface area contributed by atoms with Crippen LogP contribution in [0.15, 0.2) is 23.1 Å². The number of rotatable bonds is 1. The topological polar surface area (TPSA) is 99.8 Å². The number of carboxylic acids is 1. The number of hydrogen-bond acceptors (Lipinski definition) is 4. The fourth-order valence-electron chi connectivity index (χ4n) is 1.47. The molecule has 0 saturated carbocycles. The van der Waals surface area contributed by atoms with Gasteiger partial charge < -0.3 is 15.4 Å². The lowest BCUT2D eigenvalue weighted by Gasteiger charge is -2.06. The molecule has 0 atom stereocenters. The number of pyridine rings is 1. The van der Waals surface area contributed by atoms with Crippen molar-refractivity contribution in [1.29, 1.82) is 0 Å². The molecule has 88 valence electrons. The van der Waals surface area contributed by atoms with E-state index in [1.54, 1.807) is 0 Å². The number of phenols is 1. The maximum absolute atomic E-state index is 13.1. The second-order valence-electron chi connectivity index (χ2n) is 3.34. The Bertz CT molecular complexity index is 691. The van der Waals surface area contributed by atoms with Crippen molar-refractivity contribution in [3.05, 3.63) is 39.9 Å². The number of halogens is 1. The van der Waals surface area contributed by atoms with Crippen LogP contribution in [0.25, 0.3) is 10.9 Å². The molecule has 0 aliphatic carbocycles. The van der Waals surface area contributed by atoms with Crippen LogP contribution < -0.4 is 5.43 Å². The van der Waals surface area contributed by atoms with E-state index in [9.17, 15) is 19.2 Å². The molecule has 0 aliphatic heterocycles. The third kappa shape index (κ3) is 1.57. The predicted octanol–water partition coefficient (Wildman–Crippen LogP) is 0.782. The zero-order chi connectivity index (χ0) is 12.7. The minimum absolute atomic E-state index is 0.182. The first-order valence-electron chi connectivity index (χ1n) is 4.42. The van der Waals surface area contributed by atoms with Gasteiger partial charge in [0.25, 0.3) is 0 Å². The lowest BCUT2D eigenvalue weighted by molar-refractivity contribution is 0.0691. The van der Waals surface area contributed by atoms with Gasteiger partial charge in [-0.3, -0.25) is 4.79 Å². The van der Waals surface area contributed by atoms with Crippen LogP contribution in [0.4, 0.5) is 4.39 Å². The lowest BCUT2D eigenvalue weighted by Crippen LogP contribution is -2.18. The number of fused-ring (bicyclic) bond motifs is 1. The minimum atomic E-state index is -1.53. The first kappa shape index (κ1) is 10.9. The normalized spacial score (nSPS) is 10.6. The van der Waals surface area contributed by atoms with Crippen molar-refractivity contribution in [2.24, 2.45) is 0 Å². The van der Waals surface area contributed by atoms with Gasteiger partial charge in [0.15, 0.2) is 11.6 Å².